The third-order valence-electron chi connectivity index (χ3n) is 4.17. The van der Waals surface area contributed by atoms with E-state index in [1.54, 1.807) is 11.5 Å². The summed E-state index contributed by atoms with van der Waals surface area (Å²) in [6.07, 6.45) is 0. The first-order valence-electron chi connectivity index (χ1n) is 8.66. The summed E-state index contributed by atoms with van der Waals surface area (Å²) in [5.74, 6) is -0.515. The third kappa shape index (κ3) is 4.63. The fourth-order valence-electron chi connectivity index (χ4n) is 2.63. The molecule has 3 rings (SSSR count). The molecule has 0 spiro atoms. The molecule has 0 aliphatic carbocycles. The summed E-state index contributed by atoms with van der Waals surface area (Å²) >= 11 is 0. The number of aliphatic carboxylic acids is 1. The van der Waals surface area contributed by atoms with Crippen LogP contribution in [0, 0.1) is 5.92 Å². The normalized spacial score (nSPS) is 11.9. The smallest absolute Gasteiger partial charge is 0.308 e. The van der Waals surface area contributed by atoms with Gasteiger partial charge in [0.1, 0.15) is 24.7 Å². The number of carboxylic acid groups (broad SMARTS) is 1. The molecule has 3 aromatic rings. The Morgan fingerprint density at radius 3 is 2.59 bits per heavy atom. The predicted octanol–water partition coefficient (Wildman–Crippen LogP) is 2.45. The quantitative estimate of drug-likeness (QED) is 0.638. The second-order valence-corrected chi connectivity index (χ2v) is 6.25. The lowest BCUT2D eigenvalue weighted by Gasteiger charge is -2.12. The van der Waals surface area contributed by atoms with E-state index in [4.69, 9.17) is 9.84 Å². The number of aromatic nitrogens is 2. The number of amides is 1. The summed E-state index contributed by atoms with van der Waals surface area (Å²) < 4.78 is 7.57. The molecule has 0 aliphatic heterocycles. The van der Waals surface area contributed by atoms with E-state index in [2.05, 4.69) is 10.3 Å². The van der Waals surface area contributed by atoms with E-state index in [1.165, 1.54) is 0 Å². The minimum Gasteiger partial charge on any atom is -0.486 e. The number of nitrogens with zero attached hydrogens (tertiary/aromatic N) is 2. The predicted molar refractivity (Wildman–Crippen MR) is 100 cm³/mol. The van der Waals surface area contributed by atoms with Gasteiger partial charge in [0.25, 0.3) is 0 Å². The molecule has 1 atom stereocenters. The van der Waals surface area contributed by atoms with Gasteiger partial charge in [-0.2, -0.15) is 0 Å². The lowest BCUT2D eigenvalue weighted by atomic mass is 10.2. The number of para-hydroxylation sites is 3. The molecule has 0 saturated carbocycles. The van der Waals surface area contributed by atoms with E-state index in [1.807, 2.05) is 54.6 Å². The number of carbonyl (C=O) groups is 2. The van der Waals surface area contributed by atoms with Gasteiger partial charge in [-0.25, -0.2) is 4.98 Å². The average molecular weight is 367 g/mol. The number of carbonyl (C=O) groups excluding carboxylic acids is 1. The van der Waals surface area contributed by atoms with Gasteiger partial charge in [-0.3, -0.25) is 9.59 Å². The molecule has 2 aromatic carbocycles. The fraction of sp³-hybridized carbons (Fsp3) is 0.250. The Hall–Kier alpha value is -3.35. The lowest BCUT2D eigenvalue weighted by molar-refractivity contribution is -0.141. The molecule has 140 valence electrons. The number of fused-ring (bicyclic) bond motifs is 1. The minimum absolute atomic E-state index is 0.0420. The highest BCUT2D eigenvalue weighted by Crippen LogP contribution is 2.18. The van der Waals surface area contributed by atoms with Crippen molar-refractivity contribution in [3.05, 3.63) is 60.4 Å². The Labute approximate surface area is 156 Å². The van der Waals surface area contributed by atoms with E-state index in [0.717, 1.165) is 16.8 Å². The van der Waals surface area contributed by atoms with Gasteiger partial charge >= 0.3 is 5.97 Å². The van der Waals surface area contributed by atoms with Gasteiger partial charge in [-0.1, -0.05) is 37.3 Å². The summed E-state index contributed by atoms with van der Waals surface area (Å²) in [7, 11) is 0. The Bertz CT molecular complexity index is 937. The standard InChI is InChI=1S/C20H21N3O4/c1-14(20(25)26)11-21-19(24)12-23-17-10-6-5-9-16(17)22-18(23)13-27-15-7-3-2-4-8-15/h2-10,14H,11-13H2,1H3,(H,21,24)(H,25,26). The Morgan fingerprint density at radius 1 is 1.15 bits per heavy atom. The van der Waals surface area contributed by atoms with Crippen LogP contribution in [-0.4, -0.2) is 33.1 Å². The van der Waals surface area contributed by atoms with Crippen LogP contribution >= 0.6 is 0 Å². The largest absolute Gasteiger partial charge is 0.486 e. The Morgan fingerprint density at radius 2 is 1.85 bits per heavy atom. The summed E-state index contributed by atoms with van der Waals surface area (Å²) in [6, 6.07) is 16.9. The summed E-state index contributed by atoms with van der Waals surface area (Å²) in [5, 5.41) is 11.6. The number of ether oxygens (including phenoxy) is 1. The van der Waals surface area contributed by atoms with Crippen LogP contribution in [0.15, 0.2) is 54.6 Å². The molecular weight excluding hydrogens is 346 g/mol. The van der Waals surface area contributed by atoms with Crippen LogP contribution in [0.2, 0.25) is 0 Å². The van der Waals surface area contributed by atoms with Gasteiger partial charge < -0.3 is 19.7 Å². The summed E-state index contributed by atoms with van der Waals surface area (Å²) in [6.45, 7) is 1.89. The first-order chi connectivity index (χ1) is 13.0. The van der Waals surface area contributed by atoms with E-state index in [0.29, 0.717) is 5.82 Å². The number of nitrogens with one attached hydrogen (secondary N) is 1. The highest BCUT2D eigenvalue weighted by Gasteiger charge is 2.16. The molecule has 0 radical (unpaired) electrons. The van der Waals surface area contributed by atoms with Gasteiger partial charge in [0.15, 0.2) is 0 Å². The second-order valence-electron chi connectivity index (χ2n) is 6.25. The van der Waals surface area contributed by atoms with E-state index < -0.39 is 11.9 Å². The van der Waals surface area contributed by atoms with Crippen LogP contribution in [0.5, 0.6) is 5.75 Å². The van der Waals surface area contributed by atoms with E-state index >= 15 is 0 Å². The summed E-state index contributed by atoms with van der Waals surface area (Å²) in [5.41, 5.74) is 1.60. The molecule has 1 amide bonds. The fourth-order valence-corrected chi connectivity index (χ4v) is 2.63. The van der Waals surface area contributed by atoms with Crippen molar-refractivity contribution in [3.8, 4) is 5.75 Å². The minimum atomic E-state index is -0.944. The van der Waals surface area contributed by atoms with Crippen molar-refractivity contribution in [1.29, 1.82) is 0 Å². The molecule has 27 heavy (non-hydrogen) atoms. The lowest BCUT2D eigenvalue weighted by Crippen LogP contribution is -2.34. The monoisotopic (exact) mass is 367 g/mol. The molecule has 0 fully saturated rings. The number of rotatable bonds is 8. The molecule has 2 N–H and O–H groups in total. The second kappa shape index (κ2) is 8.35. The molecule has 1 heterocycles. The third-order valence-corrected chi connectivity index (χ3v) is 4.17. The van der Waals surface area contributed by atoms with Crippen LogP contribution in [0.4, 0.5) is 0 Å². The number of hydrogen-bond acceptors (Lipinski definition) is 4. The van der Waals surface area contributed by atoms with Crippen molar-refractivity contribution in [1.82, 2.24) is 14.9 Å². The Kier molecular flexibility index (Phi) is 5.71. The van der Waals surface area contributed by atoms with Crippen molar-refractivity contribution in [2.45, 2.75) is 20.1 Å². The zero-order chi connectivity index (χ0) is 19.2. The maximum absolute atomic E-state index is 12.3. The summed E-state index contributed by atoms with van der Waals surface area (Å²) in [4.78, 5) is 27.8. The van der Waals surface area contributed by atoms with Gasteiger partial charge in [0.05, 0.1) is 17.0 Å². The average Bonchev–Trinajstić information content (AvgIpc) is 3.02. The van der Waals surface area contributed by atoms with Gasteiger partial charge in [-0.05, 0) is 24.3 Å². The molecule has 7 heteroatoms. The van der Waals surface area contributed by atoms with E-state index in [9.17, 15) is 9.59 Å². The number of hydrogen-bond donors (Lipinski definition) is 2. The Balaban J connectivity index is 1.76. The molecular formula is C20H21N3O4. The SMILES string of the molecule is CC(CNC(=O)Cn1c(COc2ccccc2)nc2ccccc21)C(=O)O. The number of carboxylic acids is 1. The zero-order valence-electron chi connectivity index (χ0n) is 15.0. The first kappa shape index (κ1) is 18.4. The van der Waals surface area contributed by atoms with Crippen molar-refractivity contribution >= 4 is 22.9 Å². The maximum Gasteiger partial charge on any atom is 0.308 e. The van der Waals surface area contributed by atoms with Gasteiger partial charge in [0, 0.05) is 6.54 Å². The van der Waals surface area contributed by atoms with Crippen LogP contribution in [-0.2, 0) is 22.7 Å². The van der Waals surface area contributed by atoms with Crippen LogP contribution in [0.1, 0.15) is 12.7 Å². The molecule has 0 saturated heterocycles. The number of imidazole rings is 1. The molecule has 0 bridgehead atoms. The first-order valence-corrected chi connectivity index (χ1v) is 8.66. The van der Waals surface area contributed by atoms with E-state index in [-0.39, 0.29) is 25.6 Å². The molecule has 1 unspecified atom stereocenters. The molecule has 7 nitrogen and oxygen atoms in total. The van der Waals surface area contributed by atoms with Crippen LogP contribution in [0.25, 0.3) is 11.0 Å². The van der Waals surface area contributed by atoms with Crippen LogP contribution < -0.4 is 10.1 Å². The van der Waals surface area contributed by atoms with Crippen LogP contribution in [0.3, 0.4) is 0 Å². The number of benzene rings is 2. The molecule has 1 aromatic heterocycles. The molecule has 0 aliphatic rings. The highest BCUT2D eigenvalue weighted by molar-refractivity contribution is 5.81. The highest BCUT2D eigenvalue weighted by atomic mass is 16.5. The zero-order valence-corrected chi connectivity index (χ0v) is 15.0. The van der Waals surface area contributed by atoms with Gasteiger partial charge in [0.2, 0.25) is 5.91 Å². The van der Waals surface area contributed by atoms with Crippen molar-refractivity contribution in [3.63, 3.8) is 0 Å². The van der Waals surface area contributed by atoms with Crippen molar-refractivity contribution in [2.24, 2.45) is 5.92 Å². The van der Waals surface area contributed by atoms with Gasteiger partial charge in [-0.15, -0.1) is 0 Å². The van der Waals surface area contributed by atoms with Crippen molar-refractivity contribution in [2.75, 3.05) is 6.54 Å². The van der Waals surface area contributed by atoms with Crippen molar-refractivity contribution < 1.29 is 19.4 Å². The maximum atomic E-state index is 12.3. The topological polar surface area (TPSA) is 93.5 Å².